The molecule has 90 valence electrons. The van der Waals surface area contributed by atoms with Gasteiger partial charge in [-0.3, -0.25) is 9.82 Å². The van der Waals surface area contributed by atoms with Crippen molar-refractivity contribution in [2.45, 2.75) is 5.03 Å². The van der Waals surface area contributed by atoms with Crippen LogP contribution < -0.4 is 4.72 Å². The molecule has 2 N–H and O–H groups in total. The maximum absolute atomic E-state index is 13.0. The molecule has 0 radical (unpaired) electrons. The first kappa shape index (κ1) is 12.1. The number of aromatic nitrogens is 2. The van der Waals surface area contributed by atoms with Crippen LogP contribution in [0.5, 0.6) is 0 Å². The van der Waals surface area contributed by atoms with Gasteiger partial charge in [-0.05, 0) is 40.2 Å². The first-order valence-corrected chi connectivity index (χ1v) is 6.74. The molecule has 17 heavy (non-hydrogen) atoms. The summed E-state index contributed by atoms with van der Waals surface area (Å²) < 4.78 is 39.0. The number of hydrogen-bond acceptors (Lipinski definition) is 3. The van der Waals surface area contributed by atoms with Crippen molar-refractivity contribution in [3.63, 3.8) is 0 Å². The van der Waals surface area contributed by atoms with Crippen molar-refractivity contribution >= 4 is 31.6 Å². The zero-order valence-electron chi connectivity index (χ0n) is 8.31. The summed E-state index contributed by atoms with van der Waals surface area (Å²) >= 11 is 2.97. The zero-order valence-corrected chi connectivity index (χ0v) is 10.7. The molecule has 0 bridgehead atoms. The fourth-order valence-corrected chi connectivity index (χ4v) is 2.50. The van der Waals surface area contributed by atoms with Crippen molar-refractivity contribution in [2.75, 3.05) is 4.72 Å². The quantitative estimate of drug-likeness (QED) is 0.909. The standard InChI is InChI=1S/C9H7BrFN3O2S/c10-7-5-6(1-2-8(7)11)14-17(15,16)9-3-4-12-13-9/h1-5,14H,(H,12,13). The summed E-state index contributed by atoms with van der Waals surface area (Å²) in [4.78, 5) is 0. The van der Waals surface area contributed by atoms with E-state index in [2.05, 4.69) is 30.8 Å². The topological polar surface area (TPSA) is 74.8 Å². The summed E-state index contributed by atoms with van der Waals surface area (Å²) in [5.74, 6) is -0.463. The van der Waals surface area contributed by atoms with Gasteiger partial charge in [-0.15, -0.1) is 0 Å². The van der Waals surface area contributed by atoms with Crippen LogP contribution in [0.3, 0.4) is 0 Å². The highest BCUT2D eigenvalue weighted by Crippen LogP contribution is 2.21. The number of rotatable bonds is 3. The van der Waals surface area contributed by atoms with Crippen LogP contribution in [-0.4, -0.2) is 18.6 Å². The highest BCUT2D eigenvalue weighted by atomic mass is 79.9. The van der Waals surface area contributed by atoms with Crippen molar-refractivity contribution in [3.8, 4) is 0 Å². The molecule has 0 spiro atoms. The minimum atomic E-state index is -3.71. The van der Waals surface area contributed by atoms with Crippen LogP contribution in [0.2, 0.25) is 0 Å². The van der Waals surface area contributed by atoms with Crippen molar-refractivity contribution in [1.82, 2.24) is 10.2 Å². The number of H-pyrrole nitrogens is 1. The molecule has 0 aliphatic carbocycles. The second-order valence-corrected chi connectivity index (χ2v) is 5.66. The first-order chi connectivity index (χ1) is 7.99. The van der Waals surface area contributed by atoms with Gasteiger partial charge in [-0.1, -0.05) is 0 Å². The molecule has 0 aliphatic heterocycles. The van der Waals surface area contributed by atoms with Crippen molar-refractivity contribution in [1.29, 1.82) is 0 Å². The number of benzene rings is 1. The third-order valence-electron chi connectivity index (χ3n) is 1.94. The average molecular weight is 320 g/mol. The van der Waals surface area contributed by atoms with E-state index in [0.717, 1.165) is 6.07 Å². The van der Waals surface area contributed by atoms with Crippen LogP contribution in [-0.2, 0) is 10.0 Å². The molecule has 0 atom stereocenters. The number of aromatic amines is 1. The van der Waals surface area contributed by atoms with E-state index >= 15 is 0 Å². The summed E-state index contributed by atoms with van der Waals surface area (Å²) in [5, 5.41) is 5.83. The van der Waals surface area contributed by atoms with Gasteiger partial charge in [-0.2, -0.15) is 13.5 Å². The molecule has 0 fully saturated rings. The lowest BCUT2D eigenvalue weighted by Gasteiger charge is -2.06. The first-order valence-electron chi connectivity index (χ1n) is 4.46. The molecule has 0 amide bonds. The van der Waals surface area contributed by atoms with E-state index in [0.29, 0.717) is 0 Å². The van der Waals surface area contributed by atoms with E-state index < -0.39 is 15.8 Å². The molecule has 1 aromatic heterocycles. The summed E-state index contributed by atoms with van der Waals surface area (Å²) in [6, 6.07) is 5.15. The normalized spacial score (nSPS) is 11.4. The molecular weight excluding hydrogens is 313 g/mol. The molecule has 0 unspecified atom stereocenters. The van der Waals surface area contributed by atoms with Crippen molar-refractivity contribution < 1.29 is 12.8 Å². The maximum atomic E-state index is 13.0. The van der Waals surface area contributed by atoms with Crippen LogP contribution >= 0.6 is 15.9 Å². The molecule has 2 aromatic rings. The Kier molecular flexibility index (Phi) is 3.16. The Balaban J connectivity index is 2.30. The van der Waals surface area contributed by atoms with Crippen LogP contribution in [0.25, 0.3) is 0 Å². The summed E-state index contributed by atoms with van der Waals surface area (Å²) in [7, 11) is -3.71. The second-order valence-electron chi connectivity index (χ2n) is 3.16. The van der Waals surface area contributed by atoms with Crippen LogP contribution in [0, 0.1) is 5.82 Å². The highest BCUT2D eigenvalue weighted by Gasteiger charge is 2.15. The van der Waals surface area contributed by atoms with Gasteiger partial charge in [0.15, 0.2) is 5.03 Å². The lowest BCUT2D eigenvalue weighted by atomic mass is 10.3. The summed E-state index contributed by atoms with van der Waals surface area (Å²) in [6.07, 6.45) is 1.33. The van der Waals surface area contributed by atoms with Gasteiger partial charge in [0.2, 0.25) is 0 Å². The zero-order chi connectivity index (χ0) is 12.5. The fourth-order valence-electron chi connectivity index (χ4n) is 1.16. The molecule has 2 rings (SSSR count). The van der Waals surface area contributed by atoms with Crippen LogP contribution in [0.4, 0.5) is 10.1 Å². The predicted octanol–water partition coefficient (Wildman–Crippen LogP) is 2.11. The third-order valence-corrected chi connectivity index (χ3v) is 3.86. The van der Waals surface area contributed by atoms with Crippen LogP contribution in [0.15, 0.2) is 40.0 Å². The van der Waals surface area contributed by atoms with E-state index in [1.54, 1.807) is 0 Å². The number of nitrogens with one attached hydrogen (secondary N) is 2. The van der Waals surface area contributed by atoms with E-state index in [1.165, 1.54) is 24.4 Å². The Morgan fingerprint density at radius 1 is 1.35 bits per heavy atom. The number of hydrogen-bond donors (Lipinski definition) is 2. The Bertz CT molecular complexity index is 628. The lowest BCUT2D eigenvalue weighted by Crippen LogP contribution is -2.13. The van der Waals surface area contributed by atoms with Gasteiger partial charge in [0.05, 0.1) is 16.4 Å². The number of anilines is 1. The average Bonchev–Trinajstić information content (AvgIpc) is 2.77. The number of sulfonamides is 1. The molecule has 1 heterocycles. The molecule has 5 nitrogen and oxygen atoms in total. The predicted molar refractivity (Wildman–Crippen MR) is 63.5 cm³/mol. The molecule has 0 saturated carbocycles. The monoisotopic (exact) mass is 319 g/mol. The van der Waals surface area contributed by atoms with E-state index in [9.17, 15) is 12.8 Å². The van der Waals surface area contributed by atoms with Gasteiger partial charge in [0.25, 0.3) is 10.0 Å². The largest absolute Gasteiger partial charge is 0.278 e. The van der Waals surface area contributed by atoms with Gasteiger partial charge in [0.1, 0.15) is 5.82 Å². The highest BCUT2D eigenvalue weighted by molar-refractivity contribution is 9.10. The molecule has 0 saturated heterocycles. The number of nitrogens with zero attached hydrogens (tertiary/aromatic N) is 1. The fraction of sp³-hybridized carbons (Fsp3) is 0. The van der Waals surface area contributed by atoms with Gasteiger partial charge in [-0.25, -0.2) is 4.39 Å². The van der Waals surface area contributed by atoms with E-state index in [-0.39, 0.29) is 15.2 Å². The Hall–Kier alpha value is -1.41. The summed E-state index contributed by atoms with van der Waals surface area (Å²) in [5.41, 5.74) is 0.257. The minimum Gasteiger partial charge on any atom is -0.278 e. The second kappa shape index (κ2) is 4.46. The van der Waals surface area contributed by atoms with Gasteiger partial charge < -0.3 is 0 Å². The molecular formula is C9H7BrFN3O2S. The molecule has 8 heteroatoms. The molecule has 0 aliphatic rings. The van der Waals surface area contributed by atoms with Gasteiger partial charge in [0, 0.05) is 0 Å². The number of halogens is 2. The Labute approximate surface area is 105 Å². The Morgan fingerprint density at radius 3 is 2.71 bits per heavy atom. The minimum absolute atomic E-state index is 0.0575. The maximum Gasteiger partial charge on any atom is 0.278 e. The van der Waals surface area contributed by atoms with Crippen LogP contribution in [0.1, 0.15) is 0 Å². The van der Waals surface area contributed by atoms with Gasteiger partial charge >= 0.3 is 0 Å². The smallest absolute Gasteiger partial charge is 0.278 e. The third kappa shape index (κ3) is 2.64. The van der Waals surface area contributed by atoms with Crippen molar-refractivity contribution in [3.05, 3.63) is 40.8 Å². The SMILES string of the molecule is O=S(=O)(Nc1ccc(F)c(Br)c1)c1ccn[nH]1. The summed E-state index contributed by atoms with van der Waals surface area (Å²) in [6.45, 7) is 0. The molecule has 1 aromatic carbocycles. The van der Waals surface area contributed by atoms with E-state index in [1.807, 2.05) is 0 Å². The Morgan fingerprint density at radius 2 is 2.12 bits per heavy atom. The lowest BCUT2D eigenvalue weighted by molar-refractivity contribution is 0.597. The van der Waals surface area contributed by atoms with E-state index in [4.69, 9.17) is 0 Å². The van der Waals surface area contributed by atoms with Crippen molar-refractivity contribution in [2.24, 2.45) is 0 Å².